The summed E-state index contributed by atoms with van der Waals surface area (Å²) in [5.74, 6) is 3.92. The van der Waals surface area contributed by atoms with Crippen molar-refractivity contribution < 1.29 is 5.11 Å². The van der Waals surface area contributed by atoms with E-state index in [1.165, 1.54) is 48.4 Å². The number of aliphatic hydroxyl groups is 1. The Hall–Kier alpha value is -0.850. The number of aryl methyl sites for hydroxylation is 1. The number of anilines is 1. The summed E-state index contributed by atoms with van der Waals surface area (Å²) < 4.78 is 0. The Morgan fingerprint density at radius 2 is 1.96 bits per heavy atom. The summed E-state index contributed by atoms with van der Waals surface area (Å²) in [4.78, 5) is 12.0. The molecule has 1 atom stereocenters. The van der Waals surface area contributed by atoms with Crippen LogP contribution in [-0.4, -0.2) is 52.3 Å². The minimum Gasteiger partial charge on any atom is -0.396 e. The van der Waals surface area contributed by atoms with E-state index in [4.69, 9.17) is 9.97 Å². The van der Waals surface area contributed by atoms with Crippen LogP contribution < -0.4 is 10.2 Å². The van der Waals surface area contributed by atoms with Gasteiger partial charge in [0, 0.05) is 43.5 Å². The summed E-state index contributed by atoms with van der Waals surface area (Å²) in [5.41, 5.74) is 2.58. The first kappa shape index (κ1) is 17.6. The summed E-state index contributed by atoms with van der Waals surface area (Å²) in [5, 5.41) is 13.2. The summed E-state index contributed by atoms with van der Waals surface area (Å²) in [6.07, 6.45) is 10.3. The molecule has 2 aliphatic heterocycles. The van der Waals surface area contributed by atoms with Crippen LogP contribution in [0.2, 0.25) is 0 Å². The lowest BCUT2D eigenvalue weighted by molar-refractivity contribution is 0.202. The summed E-state index contributed by atoms with van der Waals surface area (Å²) >= 11 is 2.08. The molecule has 5 nitrogen and oxygen atoms in total. The van der Waals surface area contributed by atoms with Crippen molar-refractivity contribution in [3.05, 3.63) is 17.5 Å². The molecule has 0 saturated carbocycles. The van der Waals surface area contributed by atoms with Crippen LogP contribution in [0.15, 0.2) is 6.20 Å². The van der Waals surface area contributed by atoms with E-state index in [1.807, 2.05) is 0 Å². The molecule has 6 heteroatoms. The van der Waals surface area contributed by atoms with Gasteiger partial charge in [0.1, 0.15) is 0 Å². The second kappa shape index (κ2) is 8.23. The first-order valence-corrected chi connectivity index (χ1v) is 11.0. The van der Waals surface area contributed by atoms with Crippen molar-refractivity contribution in [1.82, 2.24) is 15.3 Å². The van der Waals surface area contributed by atoms with Crippen molar-refractivity contribution in [1.29, 1.82) is 0 Å². The number of nitrogens with zero attached hydrogens (tertiary/aromatic N) is 3. The molecule has 3 heterocycles. The molecule has 0 bridgehead atoms. The zero-order chi connectivity index (χ0) is 17.1. The minimum atomic E-state index is 0.311. The summed E-state index contributed by atoms with van der Waals surface area (Å²) in [6.45, 7) is 2.24. The van der Waals surface area contributed by atoms with Gasteiger partial charge in [-0.2, -0.15) is 11.8 Å². The molecule has 4 rings (SSSR count). The summed E-state index contributed by atoms with van der Waals surface area (Å²) in [6, 6.07) is 1.10. The number of hydrogen-bond acceptors (Lipinski definition) is 6. The van der Waals surface area contributed by atoms with E-state index in [1.54, 1.807) is 0 Å². The fourth-order valence-electron chi connectivity index (χ4n) is 4.33. The van der Waals surface area contributed by atoms with Crippen molar-refractivity contribution in [2.45, 2.75) is 57.0 Å². The van der Waals surface area contributed by atoms with Crippen molar-refractivity contribution in [2.75, 3.05) is 36.1 Å². The molecule has 138 valence electrons. The van der Waals surface area contributed by atoms with Gasteiger partial charge in [-0.25, -0.2) is 9.97 Å². The molecule has 1 aromatic rings. The molecule has 2 saturated heterocycles. The van der Waals surface area contributed by atoms with Gasteiger partial charge in [0.25, 0.3) is 0 Å². The highest BCUT2D eigenvalue weighted by atomic mass is 32.2. The first-order chi connectivity index (χ1) is 12.3. The van der Waals surface area contributed by atoms with Gasteiger partial charge < -0.3 is 15.3 Å². The Morgan fingerprint density at radius 3 is 2.72 bits per heavy atom. The summed E-state index contributed by atoms with van der Waals surface area (Å²) in [7, 11) is 0. The smallest absolute Gasteiger partial charge is 0.225 e. The van der Waals surface area contributed by atoms with Gasteiger partial charge in [-0.1, -0.05) is 0 Å². The van der Waals surface area contributed by atoms with Crippen LogP contribution in [0, 0.1) is 5.92 Å². The lowest BCUT2D eigenvalue weighted by Crippen LogP contribution is -2.38. The zero-order valence-corrected chi connectivity index (χ0v) is 15.8. The van der Waals surface area contributed by atoms with Gasteiger partial charge in [0.2, 0.25) is 5.95 Å². The molecule has 2 fully saturated rings. The van der Waals surface area contributed by atoms with Crippen molar-refractivity contribution in [3.8, 4) is 0 Å². The topological polar surface area (TPSA) is 61.3 Å². The highest BCUT2D eigenvalue weighted by Gasteiger charge is 2.27. The van der Waals surface area contributed by atoms with E-state index in [-0.39, 0.29) is 0 Å². The van der Waals surface area contributed by atoms with Crippen molar-refractivity contribution in [2.24, 2.45) is 5.92 Å². The molecule has 0 radical (unpaired) electrons. The van der Waals surface area contributed by atoms with Gasteiger partial charge in [-0.05, 0) is 62.4 Å². The van der Waals surface area contributed by atoms with Crippen LogP contribution in [0.4, 0.5) is 5.95 Å². The van der Waals surface area contributed by atoms with Crippen molar-refractivity contribution >= 4 is 17.7 Å². The Bertz CT molecular complexity index is 571. The largest absolute Gasteiger partial charge is 0.396 e. The van der Waals surface area contributed by atoms with Gasteiger partial charge >= 0.3 is 0 Å². The molecule has 0 spiro atoms. The molecule has 1 aliphatic carbocycles. The van der Waals surface area contributed by atoms with E-state index >= 15 is 0 Å². The van der Waals surface area contributed by atoms with Crippen LogP contribution in [-0.2, 0) is 6.42 Å². The maximum atomic E-state index is 9.31. The number of fused-ring (bicyclic) bond motifs is 1. The zero-order valence-electron chi connectivity index (χ0n) is 15.0. The fourth-order valence-corrected chi connectivity index (χ4v) is 5.43. The predicted molar refractivity (Wildman–Crippen MR) is 103 cm³/mol. The maximum absolute atomic E-state index is 9.31. The standard InChI is InChI=1S/C19H30N4OS/c24-13-14-4-8-23(9-5-14)19-20-12-16-17(2-1-3-18(16)22-19)21-15-6-10-25-11-7-15/h12,14-15,17,21,24H,1-11,13H2. The van der Waals surface area contributed by atoms with Gasteiger partial charge in [-0.3, -0.25) is 0 Å². The molecule has 1 aromatic heterocycles. The molecule has 3 aliphatic rings. The van der Waals surface area contributed by atoms with Crippen LogP contribution in [0.25, 0.3) is 0 Å². The second-order valence-corrected chi connectivity index (χ2v) is 8.91. The quantitative estimate of drug-likeness (QED) is 0.858. The maximum Gasteiger partial charge on any atom is 0.225 e. The Labute approximate surface area is 155 Å². The number of aliphatic hydroxyl groups excluding tert-OH is 1. The van der Waals surface area contributed by atoms with Crippen LogP contribution in [0.5, 0.6) is 0 Å². The lowest BCUT2D eigenvalue weighted by Gasteiger charge is -2.34. The fraction of sp³-hybridized carbons (Fsp3) is 0.789. The third-order valence-corrected chi connectivity index (χ3v) is 7.03. The normalized spacial score (nSPS) is 25.8. The molecule has 0 amide bonds. The monoisotopic (exact) mass is 362 g/mol. The van der Waals surface area contributed by atoms with Crippen LogP contribution >= 0.6 is 11.8 Å². The Balaban J connectivity index is 1.44. The lowest BCUT2D eigenvalue weighted by atomic mass is 9.91. The third-order valence-electron chi connectivity index (χ3n) is 5.98. The molecular weight excluding hydrogens is 332 g/mol. The minimum absolute atomic E-state index is 0.311. The number of thioether (sulfide) groups is 1. The van der Waals surface area contributed by atoms with Crippen molar-refractivity contribution in [3.63, 3.8) is 0 Å². The van der Waals surface area contributed by atoms with Gasteiger partial charge in [-0.15, -0.1) is 0 Å². The van der Waals surface area contributed by atoms with E-state index in [9.17, 15) is 5.11 Å². The molecule has 25 heavy (non-hydrogen) atoms. The number of rotatable bonds is 4. The van der Waals surface area contributed by atoms with Crippen LogP contribution in [0.1, 0.15) is 55.8 Å². The molecule has 1 unspecified atom stereocenters. The van der Waals surface area contributed by atoms with Gasteiger partial charge in [0.05, 0.1) is 5.69 Å². The molecule has 0 aromatic carbocycles. The van der Waals surface area contributed by atoms with E-state index in [0.717, 1.165) is 38.3 Å². The van der Waals surface area contributed by atoms with E-state index in [2.05, 4.69) is 28.2 Å². The second-order valence-electron chi connectivity index (χ2n) is 7.68. The number of piperidine rings is 1. The number of nitrogens with one attached hydrogen (secondary N) is 1. The van der Waals surface area contributed by atoms with Gasteiger partial charge in [0.15, 0.2) is 0 Å². The average Bonchev–Trinajstić information content (AvgIpc) is 2.69. The highest BCUT2D eigenvalue weighted by molar-refractivity contribution is 7.99. The molecular formula is C19H30N4OS. The predicted octanol–water partition coefficient (Wildman–Crippen LogP) is 2.55. The average molecular weight is 363 g/mol. The SMILES string of the molecule is OCC1CCN(c2ncc3c(n2)CCCC3NC2CCSCC2)CC1. The van der Waals surface area contributed by atoms with E-state index < -0.39 is 0 Å². The first-order valence-electron chi connectivity index (χ1n) is 9.89. The highest BCUT2D eigenvalue weighted by Crippen LogP contribution is 2.31. The number of hydrogen-bond donors (Lipinski definition) is 2. The third kappa shape index (κ3) is 4.12. The molecule has 2 N–H and O–H groups in total. The van der Waals surface area contributed by atoms with Crippen LogP contribution in [0.3, 0.4) is 0 Å². The van der Waals surface area contributed by atoms with E-state index in [0.29, 0.717) is 24.6 Å². The Kier molecular flexibility index (Phi) is 5.78. The Morgan fingerprint density at radius 1 is 1.16 bits per heavy atom. The number of aromatic nitrogens is 2.